The highest BCUT2D eigenvalue weighted by molar-refractivity contribution is 5.96. The standard InChI is InChI=1S/C63H67N7O10/c1-39(80-62(2,3)4)56(69-57(73)51(32-34-54(64)71)68-61(78)79-38-49-47-29-16-14-27-45(47)46-28-15-17-30-48(46)49)59(75)67-53(36-40-37-65-50-31-19-18-26-44(40)50)58(74)66-52(60(76)77)33-35-55(72)70-63(41-20-8-5-9-21-41,42-22-10-6-11-23-42)43-24-12-7-13-25-43/h5-31,37,39,49,51-53,56,65H,32-36,38H2,1-4H3,(H2,64,71)(H,66,74)(H,67,75)(H,68,78)(H,69,73)(H,70,72)(H,76,77)/t39-,51+,52+,53+,56+/m1/s1. The van der Waals surface area contributed by atoms with Gasteiger partial charge >= 0.3 is 12.1 Å². The Bertz CT molecular complexity index is 3180. The van der Waals surface area contributed by atoms with Crippen molar-refractivity contribution < 1.29 is 48.1 Å². The van der Waals surface area contributed by atoms with E-state index in [9.17, 15) is 38.7 Å². The van der Waals surface area contributed by atoms with Gasteiger partial charge in [-0.1, -0.05) is 158 Å². The summed E-state index contributed by atoms with van der Waals surface area (Å²) >= 11 is 0. The van der Waals surface area contributed by atoms with E-state index in [2.05, 4.69) is 31.6 Å². The summed E-state index contributed by atoms with van der Waals surface area (Å²) in [6.07, 6.45) is -1.77. The summed E-state index contributed by atoms with van der Waals surface area (Å²) in [6.45, 7) is 6.73. The van der Waals surface area contributed by atoms with Gasteiger partial charge in [0, 0.05) is 42.3 Å². The van der Waals surface area contributed by atoms with Crippen molar-refractivity contribution in [3.63, 3.8) is 0 Å². The molecule has 17 heteroatoms. The molecule has 1 aliphatic carbocycles. The third kappa shape index (κ3) is 13.8. The first-order valence-electron chi connectivity index (χ1n) is 26.7. The number of H-pyrrole nitrogens is 1. The van der Waals surface area contributed by atoms with Crippen molar-refractivity contribution in [1.82, 2.24) is 31.6 Å². The number of carbonyl (C=O) groups is 7. The van der Waals surface area contributed by atoms with Crippen LogP contribution in [0, 0.1) is 0 Å². The molecule has 1 heterocycles. The number of benzene rings is 6. The molecule has 9 N–H and O–H groups in total. The molecule has 6 amide bonds. The molecule has 8 rings (SSSR count). The fourth-order valence-electron chi connectivity index (χ4n) is 10.5. The maximum absolute atomic E-state index is 14.8. The molecular weight excluding hydrogens is 1010 g/mol. The van der Waals surface area contributed by atoms with Crippen molar-refractivity contribution in [3.8, 4) is 11.1 Å². The Kier molecular flexibility index (Phi) is 18.3. The minimum Gasteiger partial charge on any atom is -0.480 e. The SMILES string of the molecule is C[C@@H](OC(C)(C)C)[C@H](NC(=O)[C@H](CCC(N)=O)NC(=O)OCC1c2ccccc2-c2ccccc21)C(=O)N[C@@H](Cc1c[nH]c2ccccc12)C(=O)N[C@@H](CCC(=O)NC(c1ccccc1)(c1ccccc1)c1ccccc1)C(=O)O. The van der Waals surface area contributed by atoms with Crippen LogP contribution < -0.4 is 32.3 Å². The van der Waals surface area contributed by atoms with Gasteiger partial charge in [0.15, 0.2) is 0 Å². The number of carboxylic acids is 1. The van der Waals surface area contributed by atoms with Gasteiger partial charge in [0.2, 0.25) is 29.5 Å². The van der Waals surface area contributed by atoms with Crippen LogP contribution >= 0.6 is 0 Å². The van der Waals surface area contributed by atoms with Gasteiger partial charge in [0.05, 0.1) is 11.7 Å². The number of primary amides is 1. The fraction of sp³-hybridized carbons (Fsp3) is 0.286. The van der Waals surface area contributed by atoms with E-state index in [4.69, 9.17) is 15.2 Å². The van der Waals surface area contributed by atoms with Crippen molar-refractivity contribution >= 4 is 52.5 Å². The molecule has 5 atom stereocenters. The Morgan fingerprint density at radius 1 is 0.600 bits per heavy atom. The van der Waals surface area contributed by atoms with Gasteiger partial charge in [-0.15, -0.1) is 0 Å². The predicted molar refractivity (Wildman–Crippen MR) is 303 cm³/mol. The number of amides is 6. The Balaban J connectivity index is 1.02. The number of ether oxygens (including phenoxy) is 2. The quantitative estimate of drug-likeness (QED) is 0.0276. The van der Waals surface area contributed by atoms with E-state index >= 15 is 0 Å². The monoisotopic (exact) mass is 1080 g/mol. The summed E-state index contributed by atoms with van der Waals surface area (Å²) in [4.78, 5) is 100. The van der Waals surface area contributed by atoms with Gasteiger partial charge in [-0.25, -0.2) is 9.59 Å². The molecule has 17 nitrogen and oxygen atoms in total. The average Bonchev–Trinajstić information content (AvgIpc) is 4.06. The first-order chi connectivity index (χ1) is 38.4. The van der Waals surface area contributed by atoms with Crippen LogP contribution in [-0.4, -0.2) is 94.2 Å². The number of carbonyl (C=O) groups excluding carboxylic acids is 6. The van der Waals surface area contributed by atoms with Crippen molar-refractivity contribution in [2.24, 2.45) is 5.73 Å². The third-order valence-electron chi connectivity index (χ3n) is 14.2. The van der Waals surface area contributed by atoms with Crippen LogP contribution in [0.2, 0.25) is 0 Å². The second-order valence-corrected chi connectivity index (χ2v) is 20.9. The Morgan fingerprint density at radius 3 is 1.65 bits per heavy atom. The highest BCUT2D eigenvalue weighted by Crippen LogP contribution is 2.44. The molecule has 80 heavy (non-hydrogen) atoms. The second kappa shape index (κ2) is 25.6. The Morgan fingerprint density at radius 2 is 1.10 bits per heavy atom. The number of aliphatic carboxylic acids is 1. The first-order valence-corrected chi connectivity index (χ1v) is 26.7. The lowest BCUT2D eigenvalue weighted by molar-refractivity contribution is -0.143. The molecule has 1 aliphatic rings. The number of rotatable bonds is 24. The highest BCUT2D eigenvalue weighted by atomic mass is 16.5. The molecule has 0 spiro atoms. The van der Waals surface area contributed by atoms with E-state index in [-0.39, 0.29) is 44.6 Å². The smallest absolute Gasteiger partial charge is 0.407 e. The summed E-state index contributed by atoms with van der Waals surface area (Å²) in [5.74, 6) is -5.64. The van der Waals surface area contributed by atoms with Crippen molar-refractivity contribution in [2.45, 2.75) is 107 Å². The van der Waals surface area contributed by atoms with E-state index in [1.807, 2.05) is 164 Å². The molecule has 0 fully saturated rings. The number of hydrogen-bond donors (Lipinski definition) is 8. The predicted octanol–water partition coefficient (Wildman–Crippen LogP) is 7.51. The van der Waals surface area contributed by atoms with E-state index in [0.29, 0.717) is 5.56 Å². The molecule has 0 saturated heterocycles. The van der Waals surface area contributed by atoms with E-state index in [1.165, 1.54) is 0 Å². The van der Waals surface area contributed by atoms with Crippen LogP contribution in [0.1, 0.15) is 92.7 Å². The molecule has 7 aromatic rings. The zero-order chi connectivity index (χ0) is 57.0. The van der Waals surface area contributed by atoms with Crippen LogP contribution in [0.3, 0.4) is 0 Å². The number of fused-ring (bicyclic) bond motifs is 4. The normalized spacial score (nSPS) is 14.0. The largest absolute Gasteiger partial charge is 0.480 e. The number of nitrogens with one attached hydrogen (secondary N) is 6. The van der Waals surface area contributed by atoms with Crippen LogP contribution in [0.4, 0.5) is 4.79 Å². The topological polar surface area (TPSA) is 260 Å². The Hall–Kier alpha value is -9.09. The summed E-state index contributed by atoms with van der Waals surface area (Å²) in [6, 6.07) is 45.1. The number of alkyl carbamates (subject to hydrolysis) is 1. The van der Waals surface area contributed by atoms with Gasteiger partial charge in [-0.05, 0) is 91.1 Å². The minimum absolute atomic E-state index is 0.0706. The van der Waals surface area contributed by atoms with Gasteiger partial charge in [-0.2, -0.15) is 0 Å². The number of aromatic nitrogens is 1. The molecule has 1 aromatic heterocycles. The lowest BCUT2D eigenvalue weighted by Gasteiger charge is -2.37. The molecule has 0 aliphatic heterocycles. The molecule has 0 unspecified atom stereocenters. The molecule has 6 aromatic carbocycles. The summed E-state index contributed by atoms with van der Waals surface area (Å²) in [5, 5.41) is 25.2. The lowest BCUT2D eigenvalue weighted by Crippen LogP contribution is -2.61. The van der Waals surface area contributed by atoms with Crippen LogP contribution in [0.5, 0.6) is 0 Å². The van der Waals surface area contributed by atoms with E-state index < -0.39 is 83.0 Å². The second-order valence-electron chi connectivity index (χ2n) is 20.9. The van der Waals surface area contributed by atoms with Crippen LogP contribution in [-0.2, 0) is 50.2 Å². The number of aromatic amines is 1. The Labute approximate surface area is 464 Å². The van der Waals surface area contributed by atoms with E-state index in [1.54, 1.807) is 33.9 Å². The highest BCUT2D eigenvalue weighted by Gasteiger charge is 2.40. The zero-order valence-corrected chi connectivity index (χ0v) is 45.1. The van der Waals surface area contributed by atoms with E-state index in [0.717, 1.165) is 49.8 Å². The number of nitrogens with two attached hydrogens (primary N) is 1. The van der Waals surface area contributed by atoms with Gasteiger partial charge in [-0.3, -0.25) is 24.0 Å². The maximum Gasteiger partial charge on any atom is 0.407 e. The molecule has 0 radical (unpaired) electrons. The van der Waals surface area contributed by atoms with Crippen molar-refractivity contribution in [3.05, 3.63) is 203 Å². The summed E-state index contributed by atoms with van der Waals surface area (Å²) in [5.41, 5.74) is 11.1. The average molecular weight is 1080 g/mol. The van der Waals surface area contributed by atoms with Crippen molar-refractivity contribution in [2.75, 3.05) is 6.61 Å². The summed E-state index contributed by atoms with van der Waals surface area (Å²) in [7, 11) is 0. The van der Waals surface area contributed by atoms with Gasteiger partial charge in [0.1, 0.15) is 36.3 Å². The zero-order valence-electron chi connectivity index (χ0n) is 45.1. The molecule has 414 valence electrons. The number of para-hydroxylation sites is 1. The number of carboxylic acid groups (broad SMARTS) is 1. The molecule has 0 bridgehead atoms. The molecule has 0 saturated carbocycles. The van der Waals surface area contributed by atoms with Crippen LogP contribution in [0.25, 0.3) is 22.0 Å². The number of hydrogen-bond acceptors (Lipinski definition) is 9. The molecular formula is C63H67N7O10. The fourth-order valence-corrected chi connectivity index (χ4v) is 10.5. The lowest BCUT2D eigenvalue weighted by atomic mass is 9.77. The van der Waals surface area contributed by atoms with Gasteiger partial charge in [0.25, 0.3) is 0 Å². The van der Waals surface area contributed by atoms with Crippen LogP contribution in [0.15, 0.2) is 170 Å². The van der Waals surface area contributed by atoms with Gasteiger partial charge < -0.3 is 51.9 Å². The third-order valence-corrected chi connectivity index (χ3v) is 14.2. The maximum atomic E-state index is 14.8. The minimum atomic E-state index is -1.61. The summed E-state index contributed by atoms with van der Waals surface area (Å²) < 4.78 is 12.0. The first kappa shape index (κ1) is 57.1. The van der Waals surface area contributed by atoms with Crippen molar-refractivity contribution in [1.29, 1.82) is 0 Å².